The molecule has 0 aliphatic carbocycles. The van der Waals surface area contributed by atoms with Crippen LogP contribution in [-0.4, -0.2) is 46.9 Å². The van der Waals surface area contributed by atoms with Crippen molar-refractivity contribution in [2.45, 2.75) is 46.1 Å². The van der Waals surface area contributed by atoms with Crippen LogP contribution >= 0.6 is 19.9 Å². The monoisotopic (exact) mass is 444 g/mol. The van der Waals surface area contributed by atoms with Crippen LogP contribution in [0.15, 0.2) is 18.2 Å². The number of hydrogen-bond donors (Lipinski definition) is 0. The number of rotatable bonds is 6. The zero-order chi connectivity index (χ0) is 21.2. The summed E-state index contributed by atoms with van der Waals surface area (Å²) in [6.45, 7) is 9.13. The molecule has 2 aliphatic rings. The van der Waals surface area contributed by atoms with E-state index in [1.807, 2.05) is 39.8 Å². The van der Waals surface area contributed by atoms with Crippen molar-refractivity contribution in [1.82, 2.24) is 8.38 Å². The van der Waals surface area contributed by atoms with E-state index in [4.69, 9.17) is 18.5 Å². The van der Waals surface area contributed by atoms with Crippen LogP contribution in [0.25, 0.3) is 0 Å². The SMILES string of the molecule is CC(C)CN(SN(C)C(=O)Oc1cccc2c1OC(C)(C)C2)P1(=O)OCCCO1. The molecule has 0 unspecified atom stereocenters. The first-order valence-corrected chi connectivity index (χ1v) is 11.9. The summed E-state index contributed by atoms with van der Waals surface area (Å²) in [5.41, 5.74) is 0.666. The molecule has 0 radical (unpaired) electrons. The standard InChI is InChI=1S/C19H29N2O6PS/c1-14(2)13-21(28(23)24-10-7-11-25-28)29-20(5)18(22)26-16-9-6-8-15-12-19(3,4)27-17(15)16/h6,8-9,14H,7,10-13H2,1-5H3. The minimum Gasteiger partial charge on any atom is -0.483 e. The fraction of sp³-hybridized carbons (Fsp3) is 0.632. The van der Waals surface area contributed by atoms with E-state index < -0.39 is 13.8 Å². The quantitative estimate of drug-likeness (QED) is 0.453. The molecule has 0 N–H and O–H groups in total. The van der Waals surface area contributed by atoms with Crippen LogP contribution in [0.1, 0.15) is 39.7 Å². The van der Waals surface area contributed by atoms with Gasteiger partial charge in [0.25, 0.3) is 0 Å². The fourth-order valence-electron chi connectivity index (χ4n) is 3.08. The fourth-order valence-corrected chi connectivity index (χ4v) is 6.38. The number of fused-ring (bicyclic) bond motifs is 1. The predicted octanol–water partition coefficient (Wildman–Crippen LogP) is 4.90. The average molecular weight is 444 g/mol. The molecule has 8 nitrogen and oxygen atoms in total. The lowest BCUT2D eigenvalue weighted by molar-refractivity contribution is 0.124. The van der Waals surface area contributed by atoms with E-state index in [1.54, 1.807) is 13.1 Å². The molecule has 1 amide bonds. The average Bonchev–Trinajstić information content (AvgIpc) is 2.96. The van der Waals surface area contributed by atoms with Crippen LogP contribution in [0.4, 0.5) is 4.79 Å². The van der Waals surface area contributed by atoms with Gasteiger partial charge >= 0.3 is 13.8 Å². The van der Waals surface area contributed by atoms with Gasteiger partial charge in [-0.15, -0.1) is 4.08 Å². The van der Waals surface area contributed by atoms with E-state index in [1.165, 1.54) is 8.38 Å². The minimum absolute atomic E-state index is 0.194. The second-order valence-corrected chi connectivity index (χ2v) is 11.5. The maximum Gasteiger partial charge on any atom is 0.426 e. The van der Waals surface area contributed by atoms with Crippen LogP contribution in [-0.2, 0) is 20.0 Å². The maximum atomic E-state index is 13.1. The summed E-state index contributed by atoms with van der Waals surface area (Å²) in [7, 11) is -1.90. The highest BCUT2D eigenvalue weighted by atomic mass is 32.2. The van der Waals surface area contributed by atoms with Crippen molar-refractivity contribution in [3.8, 4) is 11.5 Å². The molecule has 0 atom stereocenters. The van der Waals surface area contributed by atoms with E-state index >= 15 is 0 Å². The Morgan fingerprint density at radius 3 is 2.66 bits per heavy atom. The van der Waals surface area contributed by atoms with Crippen molar-refractivity contribution in [2.75, 3.05) is 26.8 Å². The normalized spacial score (nSPS) is 19.7. The van der Waals surface area contributed by atoms with Gasteiger partial charge in [0, 0.05) is 25.6 Å². The highest BCUT2D eigenvalue weighted by Crippen LogP contribution is 2.58. The van der Waals surface area contributed by atoms with Gasteiger partial charge in [0.05, 0.1) is 25.3 Å². The third-order valence-corrected chi connectivity index (χ3v) is 7.60. The van der Waals surface area contributed by atoms with Gasteiger partial charge in [-0.25, -0.2) is 13.7 Å². The lowest BCUT2D eigenvalue weighted by atomic mass is 10.0. The summed E-state index contributed by atoms with van der Waals surface area (Å²) in [4.78, 5) is 12.7. The maximum absolute atomic E-state index is 13.1. The Kier molecular flexibility index (Phi) is 6.85. The summed E-state index contributed by atoms with van der Waals surface area (Å²) in [6.07, 6.45) is 0.838. The third kappa shape index (κ3) is 5.47. The van der Waals surface area contributed by atoms with Gasteiger partial charge in [0.15, 0.2) is 11.5 Å². The molecule has 1 saturated heterocycles. The molecular weight excluding hydrogens is 415 g/mol. The topological polar surface area (TPSA) is 77.5 Å². The van der Waals surface area contributed by atoms with Crippen molar-refractivity contribution in [2.24, 2.45) is 5.92 Å². The smallest absolute Gasteiger partial charge is 0.426 e. The van der Waals surface area contributed by atoms with E-state index in [9.17, 15) is 9.36 Å². The molecule has 0 spiro atoms. The zero-order valence-electron chi connectivity index (χ0n) is 17.5. The Labute approximate surface area is 176 Å². The van der Waals surface area contributed by atoms with E-state index in [0.717, 1.165) is 24.1 Å². The summed E-state index contributed by atoms with van der Waals surface area (Å²) >= 11 is 0.977. The summed E-state index contributed by atoms with van der Waals surface area (Å²) in [5.74, 6) is 1.16. The Morgan fingerprint density at radius 2 is 2.00 bits per heavy atom. The van der Waals surface area contributed by atoms with Crippen molar-refractivity contribution >= 4 is 26.0 Å². The summed E-state index contributed by atoms with van der Waals surface area (Å²) in [5, 5.41) is 0. The second-order valence-electron chi connectivity index (χ2n) is 8.15. The highest BCUT2D eigenvalue weighted by Gasteiger charge is 2.39. The van der Waals surface area contributed by atoms with Crippen LogP contribution in [0.5, 0.6) is 11.5 Å². The number of carbonyl (C=O) groups is 1. The molecule has 2 heterocycles. The lowest BCUT2D eigenvalue weighted by Crippen LogP contribution is -2.32. The van der Waals surface area contributed by atoms with Gasteiger partial charge in [-0.2, -0.15) is 0 Å². The first-order valence-electron chi connectivity index (χ1n) is 9.71. The largest absolute Gasteiger partial charge is 0.483 e. The molecule has 3 rings (SSSR count). The molecule has 1 aromatic carbocycles. The number of amides is 1. The van der Waals surface area contributed by atoms with Crippen LogP contribution in [0, 0.1) is 5.92 Å². The summed E-state index contributed by atoms with van der Waals surface area (Å²) < 4.78 is 38.3. The molecule has 2 aliphatic heterocycles. The third-order valence-electron chi connectivity index (χ3n) is 4.32. The molecular formula is C19H29N2O6PS. The molecule has 10 heteroatoms. The van der Waals surface area contributed by atoms with Crippen LogP contribution < -0.4 is 9.47 Å². The number of ether oxygens (including phenoxy) is 2. The Bertz CT molecular complexity index is 793. The molecule has 0 aromatic heterocycles. The molecule has 0 saturated carbocycles. The minimum atomic E-state index is -3.46. The van der Waals surface area contributed by atoms with Crippen molar-refractivity contribution < 1.29 is 27.9 Å². The molecule has 29 heavy (non-hydrogen) atoms. The Balaban J connectivity index is 1.70. The van der Waals surface area contributed by atoms with Gasteiger partial charge in [0.2, 0.25) is 0 Å². The van der Waals surface area contributed by atoms with Gasteiger partial charge in [-0.05, 0) is 32.3 Å². The first kappa shape index (κ1) is 22.4. The van der Waals surface area contributed by atoms with E-state index in [0.29, 0.717) is 37.7 Å². The van der Waals surface area contributed by atoms with Gasteiger partial charge in [-0.3, -0.25) is 9.05 Å². The number of hydrogen-bond acceptors (Lipinski definition) is 7. The van der Waals surface area contributed by atoms with E-state index in [2.05, 4.69) is 0 Å². The van der Waals surface area contributed by atoms with Crippen molar-refractivity contribution in [1.29, 1.82) is 0 Å². The number of nitrogens with zero attached hydrogens (tertiary/aromatic N) is 2. The first-order chi connectivity index (χ1) is 13.6. The van der Waals surface area contributed by atoms with Crippen molar-refractivity contribution in [3.63, 3.8) is 0 Å². The Hall–Kier alpha value is -1.25. The number of benzene rings is 1. The zero-order valence-corrected chi connectivity index (χ0v) is 19.3. The highest BCUT2D eigenvalue weighted by molar-refractivity contribution is 7.99. The second kappa shape index (κ2) is 8.86. The van der Waals surface area contributed by atoms with E-state index in [-0.39, 0.29) is 11.5 Å². The Morgan fingerprint density at radius 1 is 1.31 bits per heavy atom. The van der Waals surface area contributed by atoms with Crippen LogP contribution in [0.2, 0.25) is 0 Å². The molecule has 1 aromatic rings. The molecule has 162 valence electrons. The molecule has 1 fully saturated rings. The number of carbonyl (C=O) groups excluding carboxylic acids is 1. The lowest BCUT2D eigenvalue weighted by Gasteiger charge is -2.33. The van der Waals surface area contributed by atoms with Gasteiger partial charge in [-0.1, -0.05) is 26.0 Å². The van der Waals surface area contributed by atoms with Gasteiger partial charge < -0.3 is 9.47 Å². The van der Waals surface area contributed by atoms with Crippen LogP contribution in [0.3, 0.4) is 0 Å². The number of para-hydroxylation sites is 1. The predicted molar refractivity (Wildman–Crippen MR) is 112 cm³/mol. The van der Waals surface area contributed by atoms with Gasteiger partial charge in [0.1, 0.15) is 5.60 Å². The van der Waals surface area contributed by atoms with Crippen molar-refractivity contribution in [3.05, 3.63) is 23.8 Å². The summed E-state index contributed by atoms with van der Waals surface area (Å²) in [6, 6.07) is 5.51. The molecule has 0 bridgehead atoms.